The van der Waals surface area contributed by atoms with Crippen molar-refractivity contribution < 1.29 is 4.42 Å². The van der Waals surface area contributed by atoms with Crippen LogP contribution in [0.15, 0.2) is 22.6 Å². The van der Waals surface area contributed by atoms with Crippen molar-refractivity contribution in [2.24, 2.45) is 0 Å². The minimum Gasteiger partial charge on any atom is -0.441 e. The Morgan fingerprint density at radius 1 is 1.46 bits per heavy atom. The van der Waals surface area contributed by atoms with Gasteiger partial charge >= 0.3 is 0 Å². The number of rotatable bonds is 2. The minimum atomic E-state index is 0.719. The smallest absolute Gasteiger partial charge is 0.192 e. The van der Waals surface area contributed by atoms with Gasteiger partial charge in [-0.3, -0.25) is 0 Å². The second-order valence-electron chi connectivity index (χ2n) is 3.07. The van der Waals surface area contributed by atoms with E-state index in [0.29, 0.717) is 0 Å². The first-order valence-corrected chi connectivity index (χ1v) is 4.30. The van der Waals surface area contributed by atoms with Crippen LogP contribution in [0.25, 0.3) is 11.1 Å². The van der Waals surface area contributed by atoms with Crippen LogP contribution >= 0.6 is 0 Å². The van der Waals surface area contributed by atoms with Gasteiger partial charge < -0.3 is 9.73 Å². The summed E-state index contributed by atoms with van der Waals surface area (Å²) >= 11 is 0. The molecule has 0 fully saturated rings. The molecule has 0 bridgehead atoms. The van der Waals surface area contributed by atoms with Crippen molar-refractivity contribution in [1.82, 2.24) is 10.3 Å². The molecular formula is C10H12N2O. The van der Waals surface area contributed by atoms with Gasteiger partial charge in [0.05, 0.1) is 0 Å². The number of hydrogen-bond donors (Lipinski definition) is 1. The highest BCUT2D eigenvalue weighted by molar-refractivity contribution is 5.73. The standard InChI is InChI=1S/C10H12N2O/c1-7-12-9-5-8(6-11-2)3-4-10(9)13-7/h3-5,11H,6H2,1-2H3. The predicted octanol–water partition coefficient (Wildman–Crippen LogP) is 1.86. The van der Waals surface area contributed by atoms with E-state index in [1.165, 1.54) is 5.56 Å². The Hall–Kier alpha value is -1.35. The van der Waals surface area contributed by atoms with Gasteiger partial charge in [0.25, 0.3) is 0 Å². The van der Waals surface area contributed by atoms with Crippen molar-refractivity contribution in [2.45, 2.75) is 13.5 Å². The Balaban J connectivity index is 2.48. The van der Waals surface area contributed by atoms with Crippen molar-refractivity contribution in [3.8, 4) is 0 Å². The van der Waals surface area contributed by atoms with E-state index in [1.54, 1.807) is 0 Å². The zero-order chi connectivity index (χ0) is 9.26. The Bertz CT molecular complexity index is 420. The van der Waals surface area contributed by atoms with Gasteiger partial charge in [0, 0.05) is 13.5 Å². The van der Waals surface area contributed by atoms with Gasteiger partial charge in [-0.1, -0.05) is 6.07 Å². The molecule has 3 heteroatoms. The molecule has 0 unspecified atom stereocenters. The first-order valence-electron chi connectivity index (χ1n) is 4.30. The van der Waals surface area contributed by atoms with Crippen LogP contribution in [-0.2, 0) is 6.54 Å². The molecular weight excluding hydrogens is 164 g/mol. The molecule has 0 aliphatic heterocycles. The van der Waals surface area contributed by atoms with Crippen LogP contribution < -0.4 is 5.32 Å². The van der Waals surface area contributed by atoms with Gasteiger partial charge in [-0.2, -0.15) is 0 Å². The second-order valence-corrected chi connectivity index (χ2v) is 3.07. The van der Waals surface area contributed by atoms with Crippen LogP contribution in [0.1, 0.15) is 11.5 Å². The van der Waals surface area contributed by atoms with E-state index in [-0.39, 0.29) is 0 Å². The molecule has 0 radical (unpaired) electrons. The molecule has 68 valence electrons. The molecule has 0 aliphatic carbocycles. The van der Waals surface area contributed by atoms with Gasteiger partial charge in [-0.25, -0.2) is 4.98 Å². The van der Waals surface area contributed by atoms with Crippen molar-refractivity contribution in [1.29, 1.82) is 0 Å². The molecule has 1 aromatic heterocycles. The van der Waals surface area contributed by atoms with Gasteiger partial charge in [-0.15, -0.1) is 0 Å². The molecule has 0 amide bonds. The predicted molar refractivity (Wildman–Crippen MR) is 51.5 cm³/mol. The summed E-state index contributed by atoms with van der Waals surface area (Å²) in [6.07, 6.45) is 0. The lowest BCUT2D eigenvalue weighted by Gasteiger charge is -1.97. The Morgan fingerprint density at radius 3 is 3.08 bits per heavy atom. The maximum atomic E-state index is 5.37. The normalized spacial score (nSPS) is 10.9. The largest absolute Gasteiger partial charge is 0.441 e. The third-order valence-electron chi connectivity index (χ3n) is 1.94. The Labute approximate surface area is 76.8 Å². The van der Waals surface area contributed by atoms with Crippen LogP contribution in [0.4, 0.5) is 0 Å². The van der Waals surface area contributed by atoms with Gasteiger partial charge in [0.15, 0.2) is 11.5 Å². The summed E-state index contributed by atoms with van der Waals surface area (Å²) < 4.78 is 5.37. The summed E-state index contributed by atoms with van der Waals surface area (Å²) in [6.45, 7) is 2.72. The topological polar surface area (TPSA) is 38.1 Å². The SMILES string of the molecule is CNCc1ccc2oc(C)nc2c1. The molecule has 0 spiro atoms. The molecule has 1 N–H and O–H groups in total. The molecule has 2 aromatic rings. The van der Waals surface area contributed by atoms with Crippen LogP contribution in [-0.4, -0.2) is 12.0 Å². The number of nitrogens with zero attached hydrogens (tertiary/aromatic N) is 1. The third-order valence-corrected chi connectivity index (χ3v) is 1.94. The molecule has 2 rings (SSSR count). The van der Waals surface area contributed by atoms with Gasteiger partial charge in [0.2, 0.25) is 0 Å². The van der Waals surface area contributed by atoms with E-state index in [2.05, 4.69) is 10.3 Å². The van der Waals surface area contributed by atoms with E-state index >= 15 is 0 Å². The number of nitrogens with one attached hydrogen (secondary N) is 1. The number of oxazole rings is 1. The second kappa shape index (κ2) is 3.18. The van der Waals surface area contributed by atoms with E-state index in [1.807, 2.05) is 32.2 Å². The highest BCUT2D eigenvalue weighted by atomic mass is 16.3. The third kappa shape index (κ3) is 1.55. The van der Waals surface area contributed by atoms with E-state index in [0.717, 1.165) is 23.5 Å². The summed E-state index contributed by atoms with van der Waals surface area (Å²) in [4.78, 5) is 4.26. The lowest BCUT2D eigenvalue weighted by Crippen LogP contribution is -2.04. The molecule has 0 aliphatic rings. The van der Waals surface area contributed by atoms with Gasteiger partial charge in [-0.05, 0) is 24.7 Å². The molecule has 0 atom stereocenters. The maximum absolute atomic E-state index is 5.37. The van der Waals surface area contributed by atoms with E-state index in [4.69, 9.17) is 4.42 Å². The van der Waals surface area contributed by atoms with Gasteiger partial charge in [0.1, 0.15) is 5.52 Å². The minimum absolute atomic E-state index is 0.719. The summed E-state index contributed by atoms with van der Waals surface area (Å²) in [5, 5.41) is 3.10. The van der Waals surface area contributed by atoms with Crippen molar-refractivity contribution in [3.05, 3.63) is 29.7 Å². The van der Waals surface area contributed by atoms with Crippen LogP contribution in [0.5, 0.6) is 0 Å². The first-order chi connectivity index (χ1) is 6.29. The van der Waals surface area contributed by atoms with Crippen LogP contribution in [0.3, 0.4) is 0 Å². The lowest BCUT2D eigenvalue weighted by molar-refractivity contribution is 0.561. The molecule has 1 aromatic carbocycles. The monoisotopic (exact) mass is 176 g/mol. The average molecular weight is 176 g/mol. The molecule has 13 heavy (non-hydrogen) atoms. The summed E-state index contributed by atoms with van der Waals surface area (Å²) in [6, 6.07) is 6.05. The van der Waals surface area contributed by atoms with E-state index < -0.39 is 0 Å². The van der Waals surface area contributed by atoms with Crippen molar-refractivity contribution >= 4 is 11.1 Å². The lowest BCUT2D eigenvalue weighted by atomic mass is 10.2. The molecule has 1 heterocycles. The van der Waals surface area contributed by atoms with Crippen LogP contribution in [0, 0.1) is 6.92 Å². The fraction of sp³-hybridized carbons (Fsp3) is 0.300. The Kier molecular flexibility index (Phi) is 2.02. The van der Waals surface area contributed by atoms with E-state index in [9.17, 15) is 0 Å². The molecule has 0 saturated heterocycles. The number of benzene rings is 1. The Morgan fingerprint density at radius 2 is 2.31 bits per heavy atom. The zero-order valence-electron chi connectivity index (χ0n) is 7.79. The quantitative estimate of drug-likeness (QED) is 0.758. The summed E-state index contributed by atoms with van der Waals surface area (Å²) in [5.41, 5.74) is 3.02. The van der Waals surface area contributed by atoms with Crippen LogP contribution in [0.2, 0.25) is 0 Å². The number of aromatic nitrogens is 1. The van der Waals surface area contributed by atoms with Crippen molar-refractivity contribution in [3.63, 3.8) is 0 Å². The zero-order valence-corrected chi connectivity index (χ0v) is 7.79. The van der Waals surface area contributed by atoms with Crippen molar-refractivity contribution in [2.75, 3.05) is 7.05 Å². The fourth-order valence-electron chi connectivity index (χ4n) is 1.40. The number of hydrogen-bond acceptors (Lipinski definition) is 3. The fourth-order valence-corrected chi connectivity index (χ4v) is 1.40. The summed E-state index contributed by atoms with van der Waals surface area (Å²) in [7, 11) is 1.93. The highest BCUT2D eigenvalue weighted by Crippen LogP contribution is 2.16. The highest BCUT2D eigenvalue weighted by Gasteiger charge is 2.01. The summed E-state index contributed by atoms with van der Waals surface area (Å²) in [5.74, 6) is 0.719. The maximum Gasteiger partial charge on any atom is 0.192 e. The average Bonchev–Trinajstić information content (AvgIpc) is 2.44. The molecule has 3 nitrogen and oxygen atoms in total. The number of fused-ring (bicyclic) bond motifs is 1. The number of aryl methyl sites for hydroxylation is 1. The molecule has 0 saturated carbocycles. The first kappa shape index (κ1) is 8.26.